The molecule has 6 aromatic carbocycles. The summed E-state index contributed by atoms with van der Waals surface area (Å²) in [6.07, 6.45) is 1.88. The highest BCUT2D eigenvalue weighted by molar-refractivity contribution is 6.09. The summed E-state index contributed by atoms with van der Waals surface area (Å²) in [4.78, 5) is 8.50. The Balaban J connectivity index is 1.26. The van der Waals surface area contributed by atoms with Gasteiger partial charge in [-0.2, -0.15) is 0 Å². The normalized spacial score (nSPS) is 15.5. The van der Waals surface area contributed by atoms with Gasteiger partial charge in [-0.25, -0.2) is 4.98 Å². The van der Waals surface area contributed by atoms with Crippen molar-refractivity contribution in [1.29, 1.82) is 0 Å². The van der Waals surface area contributed by atoms with Gasteiger partial charge in [0.15, 0.2) is 0 Å². The number of hydrogen-bond donors (Lipinski definition) is 0. The Labute approximate surface area is 290 Å². The molecular weight excluding hydrogens is 597 g/mol. The van der Waals surface area contributed by atoms with E-state index in [9.17, 15) is 0 Å². The van der Waals surface area contributed by atoms with Crippen molar-refractivity contribution >= 4 is 38.9 Å². The van der Waals surface area contributed by atoms with Crippen LogP contribution < -0.4 is 9.80 Å². The Morgan fingerprint density at radius 3 is 2.10 bits per heavy atom. The van der Waals surface area contributed by atoms with Gasteiger partial charge in [0.1, 0.15) is 5.82 Å². The lowest BCUT2D eigenvalue weighted by molar-refractivity contribution is 0.768. The van der Waals surface area contributed by atoms with Gasteiger partial charge in [0.25, 0.3) is 0 Å². The monoisotopic (exact) mass is 633 g/mol. The van der Waals surface area contributed by atoms with Gasteiger partial charge >= 0.3 is 0 Å². The Morgan fingerprint density at radius 2 is 1.31 bits per heavy atom. The number of hydrogen-bond acceptors (Lipinski definition) is 3. The van der Waals surface area contributed by atoms with Crippen LogP contribution >= 0.6 is 0 Å². The maximum Gasteiger partial charge on any atom is 0.137 e. The number of para-hydroxylation sites is 3. The van der Waals surface area contributed by atoms with E-state index in [1.165, 1.54) is 37.9 Å². The van der Waals surface area contributed by atoms with Crippen molar-refractivity contribution in [2.75, 3.05) is 23.4 Å². The van der Waals surface area contributed by atoms with Gasteiger partial charge in [0.05, 0.1) is 34.5 Å². The van der Waals surface area contributed by atoms with E-state index in [1.807, 2.05) is 36.5 Å². The fraction of sp³-hybridized carbons (Fsp3) is 0.0889. The van der Waals surface area contributed by atoms with Crippen molar-refractivity contribution in [3.8, 4) is 16.9 Å². The van der Waals surface area contributed by atoms with E-state index in [0.29, 0.717) is 5.69 Å². The molecule has 10 rings (SSSR count). The Kier molecular flexibility index (Phi) is 5.32. The van der Waals surface area contributed by atoms with E-state index in [2.05, 4.69) is 138 Å². The SMILES string of the molecule is [2H]C([2H])([2H])N1CN(c2cccc(C3(c4ccc5c6ccccc6n(-c6cc(C)ccn6)c5c4)c4ccccc4-c4ccccc43)c2)c2ccccc21. The number of rotatable bonds is 4. The van der Waals surface area contributed by atoms with Crippen LogP contribution in [-0.2, 0) is 5.41 Å². The molecule has 2 aliphatic rings. The zero-order valence-electron chi connectivity index (χ0n) is 30.0. The van der Waals surface area contributed by atoms with Gasteiger partial charge in [-0.1, -0.05) is 103 Å². The van der Waals surface area contributed by atoms with E-state index in [0.717, 1.165) is 44.9 Å². The zero-order valence-corrected chi connectivity index (χ0v) is 27.0. The third-order valence-corrected chi connectivity index (χ3v) is 10.5. The molecule has 8 aromatic rings. The number of benzene rings is 6. The first kappa shape index (κ1) is 25.0. The number of aromatic nitrogens is 2. The van der Waals surface area contributed by atoms with Gasteiger partial charge < -0.3 is 9.80 Å². The molecule has 1 aliphatic carbocycles. The van der Waals surface area contributed by atoms with Crippen LogP contribution in [0, 0.1) is 6.92 Å². The highest BCUT2D eigenvalue weighted by atomic mass is 15.4. The molecule has 0 fully saturated rings. The Hall–Kier alpha value is -6.13. The molecule has 0 bridgehead atoms. The van der Waals surface area contributed by atoms with Crippen LogP contribution in [0.15, 0.2) is 158 Å². The van der Waals surface area contributed by atoms with Gasteiger partial charge in [-0.15, -0.1) is 0 Å². The molecule has 4 nitrogen and oxygen atoms in total. The molecule has 0 spiro atoms. The summed E-state index contributed by atoms with van der Waals surface area (Å²) in [5.41, 5.74) is 12.4. The first-order valence-electron chi connectivity index (χ1n) is 18.2. The van der Waals surface area contributed by atoms with Crippen LogP contribution in [0.25, 0.3) is 38.8 Å². The first-order valence-corrected chi connectivity index (χ1v) is 16.7. The standard InChI is InChI=1S/C45H34N4/c1-30-24-25-46-44(26-30)49-40-19-8-5-16-36(40)37-23-22-32(28-43(37)49)45(38-17-6-3-14-34(38)35-15-4-7-18-39(35)45)31-12-11-13-33(27-31)48-29-47(2)41-20-9-10-21-42(41)48/h3-28H,29H2,1-2H3/i2D3. The molecule has 4 heteroatoms. The smallest absolute Gasteiger partial charge is 0.137 e. The van der Waals surface area contributed by atoms with Gasteiger partial charge in [0, 0.05) is 33.7 Å². The molecular formula is C45H34N4. The van der Waals surface area contributed by atoms with E-state index >= 15 is 0 Å². The van der Waals surface area contributed by atoms with Crippen LogP contribution in [0.3, 0.4) is 0 Å². The van der Waals surface area contributed by atoms with Crippen molar-refractivity contribution < 1.29 is 4.11 Å². The first-order chi connectivity index (χ1) is 25.3. The zero-order chi connectivity index (χ0) is 35.2. The largest absolute Gasteiger partial charge is 0.355 e. The average molecular weight is 634 g/mol. The molecule has 1 aliphatic heterocycles. The highest BCUT2D eigenvalue weighted by Crippen LogP contribution is 2.57. The topological polar surface area (TPSA) is 24.3 Å². The van der Waals surface area contributed by atoms with Crippen molar-refractivity contribution in [3.63, 3.8) is 0 Å². The third-order valence-electron chi connectivity index (χ3n) is 10.5. The van der Waals surface area contributed by atoms with Crippen molar-refractivity contribution in [2.24, 2.45) is 0 Å². The summed E-state index contributed by atoms with van der Waals surface area (Å²) in [6.45, 7) is 0.0665. The Morgan fingerprint density at radius 1 is 0.612 bits per heavy atom. The summed E-state index contributed by atoms with van der Waals surface area (Å²) in [7, 11) is 0. The molecule has 0 atom stereocenters. The number of nitrogens with zero attached hydrogens (tertiary/aromatic N) is 4. The molecule has 3 heterocycles. The number of fused-ring (bicyclic) bond motifs is 7. The minimum Gasteiger partial charge on any atom is -0.355 e. The lowest BCUT2D eigenvalue weighted by atomic mass is 9.67. The number of aryl methyl sites for hydroxylation is 1. The van der Waals surface area contributed by atoms with E-state index in [1.54, 1.807) is 0 Å². The van der Waals surface area contributed by atoms with Gasteiger partial charge in [-0.3, -0.25) is 4.57 Å². The fourth-order valence-electron chi connectivity index (χ4n) is 8.46. The lowest BCUT2D eigenvalue weighted by Gasteiger charge is -2.35. The second kappa shape index (κ2) is 10.4. The molecule has 0 saturated heterocycles. The number of pyridine rings is 1. The molecule has 2 aromatic heterocycles. The summed E-state index contributed by atoms with van der Waals surface area (Å²) in [6, 6.07) is 53.7. The quantitative estimate of drug-likeness (QED) is 0.193. The third kappa shape index (κ3) is 3.89. The molecule has 234 valence electrons. The van der Waals surface area contributed by atoms with E-state index in [4.69, 9.17) is 9.10 Å². The van der Waals surface area contributed by atoms with Gasteiger partial charge in [0.2, 0.25) is 0 Å². The highest BCUT2D eigenvalue weighted by Gasteiger charge is 2.46. The second-order valence-corrected chi connectivity index (χ2v) is 13.2. The summed E-state index contributed by atoms with van der Waals surface area (Å²) >= 11 is 0. The predicted octanol–water partition coefficient (Wildman–Crippen LogP) is 10.4. The fourth-order valence-corrected chi connectivity index (χ4v) is 8.46. The van der Waals surface area contributed by atoms with Crippen molar-refractivity contribution in [1.82, 2.24) is 9.55 Å². The van der Waals surface area contributed by atoms with Crippen LogP contribution in [0.1, 0.15) is 31.9 Å². The summed E-state index contributed by atoms with van der Waals surface area (Å²) in [5.74, 6) is 0.887. The van der Waals surface area contributed by atoms with Crippen LogP contribution in [0.5, 0.6) is 0 Å². The van der Waals surface area contributed by atoms with Crippen LogP contribution in [0.4, 0.5) is 17.1 Å². The summed E-state index contributed by atoms with van der Waals surface area (Å²) in [5, 5.41) is 2.35. The van der Waals surface area contributed by atoms with Crippen LogP contribution in [-0.4, -0.2) is 23.2 Å². The minimum atomic E-state index is -2.27. The van der Waals surface area contributed by atoms with E-state index < -0.39 is 12.4 Å². The molecule has 0 amide bonds. The summed E-state index contributed by atoms with van der Waals surface area (Å²) < 4.78 is 27.3. The molecule has 0 radical (unpaired) electrons. The Bertz CT molecular complexity index is 2660. The number of anilines is 3. The van der Waals surface area contributed by atoms with E-state index in [-0.39, 0.29) is 6.67 Å². The maximum atomic E-state index is 8.32. The maximum absolute atomic E-state index is 8.32. The lowest BCUT2D eigenvalue weighted by Crippen LogP contribution is -2.29. The van der Waals surface area contributed by atoms with Crippen molar-refractivity contribution in [2.45, 2.75) is 12.3 Å². The van der Waals surface area contributed by atoms with Gasteiger partial charge in [-0.05, 0) is 94.4 Å². The molecule has 0 unspecified atom stereocenters. The van der Waals surface area contributed by atoms with Crippen LogP contribution in [0.2, 0.25) is 0 Å². The molecule has 0 N–H and O–H groups in total. The predicted molar refractivity (Wildman–Crippen MR) is 202 cm³/mol. The average Bonchev–Trinajstić information content (AvgIpc) is 3.82. The molecule has 0 saturated carbocycles. The second-order valence-electron chi connectivity index (χ2n) is 13.2. The van der Waals surface area contributed by atoms with Crippen molar-refractivity contribution in [3.05, 3.63) is 186 Å². The molecule has 49 heavy (non-hydrogen) atoms. The minimum absolute atomic E-state index is 0.231.